The molecule has 0 saturated heterocycles. The molecule has 3 heterocycles. The largest absolute Gasteiger partial charge is 0.490 e. The van der Waals surface area contributed by atoms with E-state index in [-0.39, 0.29) is 11.9 Å². The SMILES string of the molecule is CCn1c(-c2nonc2N)nc2c(C#CC(C)(C)O)ncc(OCC[C@@H](N)C(C)C)c21. The van der Waals surface area contributed by atoms with Crippen molar-refractivity contribution in [2.24, 2.45) is 11.7 Å². The van der Waals surface area contributed by atoms with Crippen molar-refractivity contribution in [3.63, 3.8) is 0 Å². The molecular formula is C21H29N7O3. The van der Waals surface area contributed by atoms with Crippen molar-refractivity contribution in [1.29, 1.82) is 0 Å². The Morgan fingerprint density at radius 3 is 2.65 bits per heavy atom. The highest BCUT2D eigenvalue weighted by Gasteiger charge is 2.23. The number of anilines is 1. The highest BCUT2D eigenvalue weighted by atomic mass is 16.6. The lowest BCUT2D eigenvalue weighted by Crippen LogP contribution is -2.28. The van der Waals surface area contributed by atoms with Gasteiger partial charge in [-0.05, 0) is 49.3 Å². The molecule has 0 saturated carbocycles. The van der Waals surface area contributed by atoms with Crippen LogP contribution >= 0.6 is 0 Å². The summed E-state index contributed by atoms with van der Waals surface area (Å²) in [6, 6.07) is 0.0352. The Kier molecular flexibility index (Phi) is 6.48. The van der Waals surface area contributed by atoms with Crippen LogP contribution < -0.4 is 16.2 Å². The molecule has 10 nitrogen and oxygen atoms in total. The van der Waals surface area contributed by atoms with Gasteiger partial charge in [-0.2, -0.15) is 0 Å². The second-order valence-electron chi connectivity index (χ2n) is 8.20. The first-order valence-electron chi connectivity index (χ1n) is 10.2. The van der Waals surface area contributed by atoms with Gasteiger partial charge >= 0.3 is 0 Å². The van der Waals surface area contributed by atoms with Crippen LogP contribution in [-0.4, -0.2) is 48.2 Å². The Balaban J connectivity index is 2.13. The highest BCUT2D eigenvalue weighted by Crippen LogP contribution is 2.33. The zero-order valence-corrected chi connectivity index (χ0v) is 18.5. The molecule has 0 amide bonds. The van der Waals surface area contributed by atoms with Gasteiger partial charge in [-0.1, -0.05) is 19.8 Å². The van der Waals surface area contributed by atoms with Crippen LogP contribution in [0.25, 0.3) is 22.6 Å². The topological polar surface area (TPSA) is 151 Å². The Morgan fingerprint density at radius 2 is 2.06 bits per heavy atom. The van der Waals surface area contributed by atoms with E-state index in [0.29, 0.717) is 59.5 Å². The number of aliphatic hydroxyl groups is 1. The van der Waals surface area contributed by atoms with Crippen LogP contribution in [0.4, 0.5) is 5.82 Å². The van der Waals surface area contributed by atoms with E-state index in [4.69, 9.17) is 20.8 Å². The van der Waals surface area contributed by atoms with E-state index in [0.717, 1.165) is 0 Å². The van der Waals surface area contributed by atoms with Gasteiger partial charge in [0.25, 0.3) is 0 Å². The minimum Gasteiger partial charge on any atom is -0.490 e. The normalized spacial score (nSPS) is 12.8. The Hall–Kier alpha value is -3.16. The first kappa shape index (κ1) is 22.5. The van der Waals surface area contributed by atoms with Crippen LogP contribution in [0.3, 0.4) is 0 Å². The molecular weight excluding hydrogens is 398 g/mol. The summed E-state index contributed by atoms with van der Waals surface area (Å²) in [5.74, 6) is 7.21. The second-order valence-corrected chi connectivity index (χ2v) is 8.20. The lowest BCUT2D eigenvalue weighted by molar-refractivity contribution is 0.143. The van der Waals surface area contributed by atoms with Crippen molar-refractivity contribution in [3.05, 3.63) is 11.9 Å². The maximum Gasteiger partial charge on any atom is 0.199 e. The number of aromatic nitrogens is 5. The highest BCUT2D eigenvalue weighted by molar-refractivity contribution is 5.89. The van der Waals surface area contributed by atoms with Gasteiger partial charge in [0.1, 0.15) is 22.3 Å². The van der Waals surface area contributed by atoms with Gasteiger partial charge < -0.3 is 25.9 Å². The number of nitrogen functional groups attached to an aromatic ring is 1. The van der Waals surface area contributed by atoms with E-state index in [9.17, 15) is 5.11 Å². The van der Waals surface area contributed by atoms with E-state index in [1.165, 1.54) is 0 Å². The van der Waals surface area contributed by atoms with E-state index >= 15 is 0 Å². The van der Waals surface area contributed by atoms with E-state index in [1.54, 1.807) is 20.0 Å². The number of imidazole rings is 1. The van der Waals surface area contributed by atoms with Gasteiger partial charge in [-0.15, -0.1) is 0 Å². The third kappa shape index (κ3) is 4.95. The fraction of sp³-hybridized carbons (Fsp3) is 0.524. The summed E-state index contributed by atoms with van der Waals surface area (Å²) in [7, 11) is 0. The van der Waals surface area contributed by atoms with Gasteiger partial charge in [0, 0.05) is 12.6 Å². The first-order valence-corrected chi connectivity index (χ1v) is 10.2. The predicted molar refractivity (Wildman–Crippen MR) is 117 cm³/mol. The van der Waals surface area contributed by atoms with Crippen LogP contribution in [-0.2, 0) is 6.54 Å². The molecule has 0 unspecified atom stereocenters. The van der Waals surface area contributed by atoms with Gasteiger partial charge in [0.2, 0.25) is 0 Å². The molecule has 3 rings (SSSR count). The fourth-order valence-electron chi connectivity index (χ4n) is 3.00. The number of pyridine rings is 1. The van der Waals surface area contributed by atoms with Gasteiger partial charge in [-0.25, -0.2) is 14.6 Å². The molecule has 1 atom stereocenters. The number of nitrogens with two attached hydrogens (primary N) is 2. The smallest absolute Gasteiger partial charge is 0.199 e. The molecule has 3 aromatic rings. The standard InChI is InChI=1S/C21H29N7O3/c1-6-28-18-15(30-10-8-13(22)12(2)3)11-24-14(7-9-21(4,5)29)16(18)25-20(28)17-19(23)27-31-26-17/h11-13,29H,6,8,10,22H2,1-5H3,(H2,23,27)/t13-/m1/s1. The molecule has 166 valence electrons. The fourth-order valence-corrected chi connectivity index (χ4v) is 3.00. The van der Waals surface area contributed by atoms with E-state index in [1.807, 2.05) is 11.5 Å². The number of hydrogen-bond acceptors (Lipinski definition) is 9. The molecule has 0 fully saturated rings. The summed E-state index contributed by atoms with van der Waals surface area (Å²) in [6.07, 6.45) is 2.31. The number of aryl methyl sites for hydroxylation is 1. The van der Waals surface area contributed by atoms with Crippen LogP contribution in [0.1, 0.15) is 46.7 Å². The molecule has 0 aromatic carbocycles. The summed E-state index contributed by atoms with van der Waals surface area (Å²) in [5, 5.41) is 17.5. The first-order chi connectivity index (χ1) is 14.6. The quantitative estimate of drug-likeness (QED) is 0.480. The monoisotopic (exact) mass is 427 g/mol. The van der Waals surface area contributed by atoms with Crippen molar-refractivity contribution in [1.82, 2.24) is 24.8 Å². The molecule has 0 radical (unpaired) electrons. The van der Waals surface area contributed by atoms with E-state index < -0.39 is 5.60 Å². The number of fused-ring (bicyclic) bond motifs is 1. The minimum atomic E-state index is -1.17. The number of nitrogens with zero attached hydrogens (tertiary/aromatic N) is 5. The number of rotatable bonds is 7. The summed E-state index contributed by atoms with van der Waals surface area (Å²) < 4.78 is 12.7. The molecule has 0 aliphatic heterocycles. The van der Waals surface area contributed by atoms with Crippen molar-refractivity contribution < 1.29 is 14.5 Å². The molecule has 0 spiro atoms. The van der Waals surface area contributed by atoms with Crippen LogP contribution in [0, 0.1) is 17.8 Å². The molecule has 10 heteroatoms. The van der Waals surface area contributed by atoms with Crippen molar-refractivity contribution in [2.75, 3.05) is 12.3 Å². The average Bonchev–Trinajstić information content (AvgIpc) is 3.29. The van der Waals surface area contributed by atoms with Crippen molar-refractivity contribution >= 4 is 16.9 Å². The molecule has 0 bridgehead atoms. The van der Waals surface area contributed by atoms with Crippen LogP contribution in [0.15, 0.2) is 10.8 Å². The summed E-state index contributed by atoms with van der Waals surface area (Å²) in [5.41, 5.74) is 12.8. The molecule has 5 N–H and O–H groups in total. The Bertz CT molecular complexity index is 1120. The molecule has 3 aromatic heterocycles. The Labute approximate surface area is 180 Å². The second kappa shape index (κ2) is 8.91. The average molecular weight is 428 g/mol. The third-order valence-electron chi connectivity index (χ3n) is 4.83. The minimum absolute atomic E-state index is 0.0352. The van der Waals surface area contributed by atoms with Gasteiger partial charge in [0.15, 0.2) is 23.1 Å². The number of ether oxygens (including phenoxy) is 1. The lowest BCUT2D eigenvalue weighted by Gasteiger charge is -2.16. The van der Waals surface area contributed by atoms with Crippen molar-refractivity contribution in [3.8, 4) is 29.1 Å². The van der Waals surface area contributed by atoms with Gasteiger partial charge in [0.05, 0.1) is 12.8 Å². The van der Waals surface area contributed by atoms with E-state index in [2.05, 4.69) is 46.0 Å². The van der Waals surface area contributed by atoms with Gasteiger partial charge in [-0.3, -0.25) is 0 Å². The zero-order valence-electron chi connectivity index (χ0n) is 18.5. The zero-order chi connectivity index (χ0) is 22.8. The molecule has 0 aliphatic carbocycles. The summed E-state index contributed by atoms with van der Waals surface area (Å²) >= 11 is 0. The maximum absolute atomic E-state index is 10.0. The van der Waals surface area contributed by atoms with Crippen LogP contribution in [0.5, 0.6) is 5.75 Å². The van der Waals surface area contributed by atoms with Crippen LogP contribution in [0.2, 0.25) is 0 Å². The number of hydrogen-bond donors (Lipinski definition) is 3. The lowest BCUT2D eigenvalue weighted by atomic mass is 10.0. The Morgan fingerprint density at radius 1 is 1.32 bits per heavy atom. The third-order valence-corrected chi connectivity index (χ3v) is 4.83. The summed E-state index contributed by atoms with van der Waals surface area (Å²) in [6.45, 7) is 10.3. The molecule has 0 aliphatic rings. The summed E-state index contributed by atoms with van der Waals surface area (Å²) in [4.78, 5) is 9.12. The molecule has 31 heavy (non-hydrogen) atoms. The van der Waals surface area contributed by atoms with Crippen molar-refractivity contribution in [2.45, 2.75) is 59.2 Å². The maximum atomic E-state index is 10.0. The predicted octanol–water partition coefficient (Wildman–Crippen LogP) is 1.96.